The lowest BCUT2D eigenvalue weighted by Crippen LogP contribution is -1.97. The van der Waals surface area contributed by atoms with Crippen LogP contribution in [-0.4, -0.2) is 23.0 Å². The Morgan fingerprint density at radius 1 is 1.17 bits per heavy atom. The van der Waals surface area contributed by atoms with Gasteiger partial charge in [0, 0.05) is 5.56 Å². The predicted molar refractivity (Wildman–Crippen MR) is 92.8 cm³/mol. The van der Waals surface area contributed by atoms with Crippen molar-refractivity contribution in [2.24, 2.45) is 5.10 Å². The van der Waals surface area contributed by atoms with E-state index in [0.29, 0.717) is 5.95 Å². The third-order valence-electron chi connectivity index (χ3n) is 3.47. The Labute approximate surface area is 135 Å². The molecule has 0 radical (unpaired) electrons. The van der Waals surface area contributed by atoms with Gasteiger partial charge in [0.2, 0.25) is 5.95 Å². The van der Waals surface area contributed by atoms with Crippen molar-refractivity contribution in [1.82, 2.24) is 9.66 Å². The summed E-state index contributed by atoms with van der Waals surface area (Å²) in [5, 5.41) is 4.35. The van der Waals surface area contributed by atoms with Gasteiger partial charge in [-0.25, -0.2) is 9.66 Å². The first kappa shape index (κ1) is 14.8. The van der Waals surface area contributed by atoms with Crippen LogP contribution in [0.1, 0.15) is 11.3 Å². The molecule has 0 unspecified atom stereocenters. The molecule has 1 aromatic heterocycles. The van der Waals surface area contributed by atoms with Crippen molar-refractivity contribution in [3.63, 3.8) is 0 Å². The topological polar surface area (TPSA) is 65.4 Å². The lowest BCUT2D eigenvalue weighted by molar-refractivity contribution is 0.416. The molecule has 0 aliphatic heterocycles. The van der Waals surface area contributed by atoms with Crippen molar-refractivity contribution in [1.29, 1.82) is 0 Å². The zero-order chi connectivity index (χ0) is 16.2. The van der Waals surface area contributed by atoms with Crippen LogP contribution in [0.4, 0.5) is 5.95 Å². The fraction of sp³-hybridized carbons (Fsp3) is 0.111. The number of benzene rings is 2. The molecule has 0 spiro atoms. The molecule has 0 aliphatic carbocycles. The van der Waals surface area contributed by atoms with Gasteiger partial charge in [0.25, 0.3) is 0 Å². The number of rotatable bonds is 4. The molecule has 5 nitrogen and oxygen atoms in total. The monoisotopic (exact) mass is 306 g/mol. The molecule has 0 bridgehead atoms. The summed E-state index contributed by atoms with van der Waals surface area (Å²) >= 11 is 0. The molecule has 0 fully saturated rings. The SMILES string of the molecule is COc1ccccc1-c1cccc(C=Nn2cc(C)nc2N)c1. The maximum atomic E-state index is 5.79. The van der Waals surface area contributed by atoms with Crippen LogP contribution in [-0.2, 0) is 0 Å². The number of aromatic nitrogens is 2. The third-order valence-corrected chi connectivity index (χ3v) is 3.47. The summed E-state index contributed by atoms with van der Waals surface area (Å²) < 4.78 is 6.99. The highest BCUT2D eigenvalue weighted by atomic mass is 16.5. The molecule has 2 aromatic carbocycles. The molecule has 0 amide bonds. The number of hydrogen-bond donors (Lipinski definition) is 1. The lowest BCUT2D eigenvalue weighted by Gasteiger charge is -2.08. The predicted octanol–water partition coefficient (Wildman–Crippen LogP) is 3.33. The molecule has 116 valence electrons. The van der Waals surface area contributed by atoms with E-state index < -0.39 is 0 Å². The first-order valence-corrected chi connectivity index (χ1v) is 7.26. The Kier molecular flexibility index (Phi) is 4.10. The smallest absolute Gasteiger partial charge is 0.221 e. The van der Waals surface area contributed by atoms with Crippen molar-refractivity contribution < 1.29 is 4.74 Å². The van der Waals surface area contributed by atoms with E-state index in [9.17, 15) is 0 Å². The largest absolute Gasteiger partial charge is 0.496 e. The zero-order valence-electron chi connectivity index (χ0n) is 13.1. The van der Waals surface area contributed by atoms with Crippen LogP contribution >= 0.6 is 0 Å². The van der Waals surface area contributed by atoms with Gasteiger partial charge in [0.1, 0.15) is 5.75 Å². The molecule has 5 heteroatoms. The summed E-state index contributed by atoms with van der Waals surface area (Å²) in [5.41, 5.74) is 9.71. The van der Waals surface area contributed by atoms with Crippen molar-refractivity contribution in [2.45, 2.75) is 6.92 Å². The minimum atomic E-state index is 0.375. The second kappa shape index (κ2) is 6.36. The Morgan fingerprint density at radius 2 is 2.00 bits per heavy atom. The molecule has 0 atom stereocenters. The lowest BCUT2D eigenvalue weighted by atomic mass is 10.0. The van der Waals surface area contributed by atoms with Crippen LogP contribution in [0.3, 0.4) is 0 Å². The summed E-state index contributed by atoms with van der Waals surface area (Å²) in [6, 6.07) is 16.0. The molecule has 0 saturated carbocycles. The van der Waals surface area contributed by atoms with E-state index >= 15 is 0 Å². The fourth-order valence-corrected chi connectivity index (χ4v) is 2.39. The van der Waals surface area contributed by atoms with Gasteiger partial charge in [-0.2, -0.15) is 5.10 Å². The minimum Gasteiger partial charge on any atom is -0.496 e. The molecule has 23 heavy (non-hydrogen) atoms. The summed E-state index contributed by atoms with van der Waals surface area (Å²) in [6.07, 6.45) is 3.55. The number of nitrogen functional groups attached to an aromatic ring is 1. The van der Waals surface area contributed by atoms with Gasteiger partial charge in [0.15, 0.2) is 0 Å². The Morgan fingerprint density at radius 3 is 2.74 bits per heavy atom. The highest BCUT2D eigenvalue weighted by Gasteiger charge is 2.05. The van der Waals surface area contributed by atoms with Crippen molar-refractivity contribution in [2.75, 3.05) is 12.8 Å². The minimum absolute atomic E-state index is 0.375. The average Bonchev–Trinajstić information content (AvgIpc) is 2.90. The van der Waals surface area contributed by atoms with Crippen LogP contribution in [0.2, 0.25) is 0 Å². The van der Waals surface area contributed by atoms with Gasteiger partial charge in [-0.15, -0.1) is 0 Å². The summed E-state index contributed by atoms with van der Waals surface area (Å²) in [5.74, 6) is 1.22. The second-order valence-corrected chi connectivity index (χ2v) is 5.16. The van der Waals surface area contributed by atoms with E-state index in [-0.39, 0.29) is 0 Å². The molecule has 3 aromatic rings. The number of aryl methyl sites for hydroxylation is 1. The van der Waals surface area contributed by atoms with E-state index in [2.05, 4.69) is 16.2 Å². The summed E-state index contributed by atoms with van der Waals surface area (Å²) in [4.78, 5) is 4.12. The Hall–Kier alpha value is -3.08. The average molecular weight is 306 g/mol. The number of imidazole rings is 1. The number of nitrogens with zero attached hydrogens (tertiary/aromatic N) is 3. The molecule has 0 aliphatic rings. The second-order valence-electron chi connectivity index (χ2n) is 5.16. The summed E-state index contributed by atoms with van der Waals surface area (Å²) in [6.45, 7) is 1.88. The molecule has 1 heterocycles. The maximum absolute atomic E-state index is 5.79. The maximum Gasteiger partial charge on any atom is 0.221 e. The van der Waals surface area contributed by atoms with Crippen LogP contribution in [0.25, 0.3) is 11.1 Å². The quantitative estimate of drug-likeness (QED) is 0.752. The van der Waals surface area contributed by atoms with Gasteiger partial charge in [-0.05, 0) is 30.2 Å². The standard InChI is InChI=1S/C18H18N4O/c1-13-12-22(18(19)21-13)20-11-14-6-5-7-15(10-14)16-8-3-4-9-17(16)23-2/h3-12H,1-2H3,(H2,19,21). The molecule has 2 N–H and O–H groups in total. The Balaban J connectivity index is 1.92. The molecule has 3 rings (SSSR count). The van der Waals surface area contributed by atoms with E-state index in [4.69, 9.17) is 10.5 Å². The van der Waals surface area contributed by atoms with Crippen molar-refractivity contribution >= 4 is 12.2 Å². The first-order chi connectivity index (χ1) is 11.2. The molecule has 0 saturated heterocycles. The fourth-order valence-electron chi connectivity index (χ4n) is 2.39. The number of methoxy groups -OCH3 is 1. The van der Waals surface area contributed by atoms with Crippen LogP contribution in [0, 0.1) is 6.92 Å². The number of hydrogen-bond acceptors (Lipinski definition) is 4. The van der Waals surface area contributed by atoms with E-state index in [0.717, 1.165) is 28.1 Å². The highest BCUT2D eigenvalue weighted by molar-refractivity contribution is 5.83. The number of para-hydroxylation sites is 1. The molecular formula is C18H18N4O. The van der Waals surface area contributed by atoms with Crippen LogP contribution in [0.5, 0.6) is 5.75 Å². The highest BCUT2D eigenvalue weighted by Crippen LogP contribution is 2.29. The summed E-state index contributed by atoms with van der Waals surface area (Å²) in [7, 11) is 1.67. The van der Waals surface area contributed by atoms with Crippen molar-refractivity contribution in [3.8, 4) is 16.9 Å². The number of anilines is 1. The third kappa shape index (κ3) is 3.23. The van der Waals surface area contributed by atoms with Crippen molar-refractivity contribution in [3.05, 3.63) is 66.0 Å². The van der Waals surface area contributed by atoms with Gasteiger partial charge in [-0.3, -0.25) is 0 Å². The zero-order valence-corrected chi connectivity index (χ0v) is 13.1. The van der Waals surface area contributed by atoms with Gasteiger partial charge >= 0.3 is 0 Å². The van der Waals surface area contributed by atoms with E-state index in [1.165, 1.54) is 0 Å². The number of nitrogens with two attached hydrogens (primary N) is 1. The Bertz CT molecular complexity index is 852. The first-order valence-electron chi connectivity index (χ1n) is 7.26. The van der Waals surface area contributed by atoms with Gasteiger partial charge < -0.3 is 10.5 Å². The number of ether oxygens (including phenoxy) is 1. The molecular weight excluding hydrogens is 288 g/mol. The van der Waals surface area contributed by atoms with Gasteiger partial charge in [-0.1, -0.05) is 36.4 Å². The van der Waals surface area contributed by atoms with Gasteiger partial charge in [0.05, 0.1) is 25.2 Å². The van der Waals surface area contributed by atoms with E-state index in [1.54, 1.807) is 24.2 Å². The van der Waals surface area contributed by atoms with Crippen LogP contribution in [0.15, 0.2) is 59.8 Å². The van der Waals surface area contributed by atoms with Crippen LogP contribution < -0.4 is 10.5 Å². The normalized spacial score (nSPS) is 11.0. The van der Waals surface area contributed by atoms with E-state index in [1.807, 2.05) is 49.4 Å².